The lowest BCUT2D eigenvalue weighted by Gasteiger charge is -2.34. The second-order valence-corrected chi connectivity index (χ2v) is 9.62. The molecule has 2 aromatic heterocycles. The molecule has 0 atom stereocenters. The van der Waals surface area contributed by atoms with Crippen LogP contribution in [0.4, 0.5) is 5.82 Å². The average Bonchev–Trinajstić information content (AvgIpc) is 3.11. The van der Waals surface area contributed by atoms with Crippen LogP contribution in [0.5, 0.6) is 5.75 Å². The molecule has 0 N–H and O–H groups in total. The van der Waals surface area contributed by atoms with Crippen LogP contribution in [0, 0.1) is 13.8 Å². The van der Waals surface area contributed by atoms with Crippen molar-refractivity contribution in [3.8, 4) is 11.6 Å². The molecule has 0 aliphatic carbocycles. The zero-order valence-electron chi connectivity index (χ0n) is 17.5. The maximum atomic E-state index is 13.0. The molecule has 11 heteroatoms. The van der Waals surface area contributed by atoms with Crippen molar-refractivity contribution in [1.82, 2.24) is 24.3 Å². The summed E-state index contributed by atoms with van der Waals surface area (Å²) in [5, 5.41) is 13.3. The van der Waals surface area contributed by atoms with E-state index in [2.05, 4.69) is 15.3 Å². The summed E-state index contributed by atoms with van der Waals surface area (Å²) in [7, 11) is -2.15. The van der Waals surface area contributed by atoms with Gasteiger partial charge >= 0.3 is 0 Å². The van der Waals surface area contributed by atoms with Crippen LogP contribution >= 0.6 is 11.6 Å². The maximum absolute atomic E-state index is 13.0. The van der Waals surface area contributed by atoms with Gasteiger partial charge in [0.1, 0.15) is 5.75 Å². The zero-order chi connectivity index (χ0) is 22.2. The molecule has 0 unspecified atom stereocenters. The molecule has 0 saturated carbocycles. The van der Waals surface area contributed by atoms with Gasteiger partial charge in [0.2, 0.25) is 10.0 Å². The number of hydrogen-bond acceptors (Lipinski definition) is 7. The monoisotopic (exact) mass is 462 g/mol. The number of aryl methyl sites for hydroxylation is 2. The molecule has 31 heavy (non-hydrogen) atoms. The molecule has 0 radical (unpaired) electrons. The standard InChI is InChI=1S/C20H23ClN6O3S/c1-14-12-15(2)27(24-14)20-7-6-19(22-23-20)25-8-10-26(11-9-25)31(28,29)16-4-5-18(30-3)17(21)13-16/h4-7,12-13H,8-11H2,1-3H3. The highest BCUT2D eigenvalue weighted by Crippen LogP contribution is 2.29. The first-order chi connectivity index (χ1) is 14.8. The van der Waals surface area contributed by atoms with Crippen LogP contribution in [0.25, 0.3) is 5.82 Å². The van der Waals surface area contributed by atoms with Crippen molar-refractivity contribution in [2.75, 3.05) is 38.2 Å². The minimum Gasteiger partial charge on any atom is -0.495 e. The molecular formula is C20H23ClN6O3S. The fraction of sp³-hybridized carbons (Fsp3) is 0.350. The van der Waals surface area contributed by atoms with Crippen molar-refractivity contribution in [2.45, 2.75) is 18.7 Å². The first kappa shape index (κ1) is 21.5. The number of halogens is 1. The van der Waals surface area contributed by atoms with Gasteiger partial charge in [-0.25, -0.2) is 13.1 Å². The van der Waals surface area contributed by atoms with E-state index in [0.29, 0.717) is 43.6 Å². The highest BCUT2D eigenvalue weighted by molar-refractivity contribution is 7.89. The van der Waals surface area contributed by atoms with E-state index in [1.54, 1.807) is 10.7 Å². The largest absolute Gasteiger partial charge is 0.495 e. The van der Waals surface area contributed by atoms with Crippen LogP contribution in [-0.2, 0) is 10.0 Å². The molecular weight excluding hydrogens is 440 g/mol. The van der Waals surface area contributed by atoms with Crippen LogP contribution in [0.3, 0.4) is 0 Å². The van der Waals surface area contributed by atoms with Crippen LogP contribution in [-0.4, -0.2) is 66.0 Å². The number of aromatic nitrogens is 4. The number of rotatable bonds is 5. The van der Waals surface area contributed by atoms with Gasteiger partial charge in [0.05, 0.1) is 22.7 Å². The first-order valence-corrected chi connectivity index (χ1v) is 11.6. The van der Waals surface area contributed by atoms with E-state index in [1.807, 2.05) is 36.9 Å². The third-order valence-corrected chi connectivity index (χ3v) is 7.38. The summed E-state index contributed by atoms with van der Waals surface area (Å²) in [4.78, 5) is 2.17. The van der Waals surface area contributed by atoms with E-state index < -0.39 is 10.0 Å². The topological polar surface area (TPSA) is 93.5 Å². The van der Waals surface area contributed by atoms with E-state index in [9.17, 15) is 8.42 Å². The highest BCUT2D eigenvalue weighted by atomic mass is 35.5. The summed E-state index contributed by atoms with van der Waals surface area (Å²) in [6.07, 6.45) is 0. The Hall–Kier alpha value is -2.69. The lowest BCUT2D eigenvalue weighted by atomic mass is 10.3. The van der Waals surface area contributed by atoms with Gasteiger partial charge in [0.15, 0.2) is 11.6 Å². The van der Waals surface area contributed by atoms with E-state index in [1.165, 1.54) is 23.5 Å². The predicted molar refractivity (Wildman–Crippen MR) is 118 cm³/mol. The first-order valence-electron chi connectivity index (χ1n) is 9.75. The Kier molecular flexibility index (Phi) is 5.87. The average molecular weight is 463 g/mol. The quantitative estimate of drug-likeness (QED) is 0.574. The minimum atomic E-state index is -3.64. The number of nitrogens with zero attached hydrogens (tertiary/aromatic N) is 6. The number of benzene rings is 1. The smallest absolute Gasteiger partial charge is 0.243 e. The minimum absolute atomic E-state index is 0.154. The molecule has 0 spiro atoms. The molecule has 1 aliphatic rings. The third kappa shape index (κ3) is 4.23. The normalized spacial score (nSPS) is 15.3. The van der Waals surface area contributed by atoms with Crippen LogP contribution in [0.2, 0.25) is 5.02 Å². The van der Waals surface area contributed by atoms with Gasteiger partial charge in [0, 0.05) is 31.9 Å². The number of sulfonamides is 1. The zero-order valence-corrected chi connectivity index (χ0v) is 19.1. The highest BCUT2D eigenvalue weighted by Gasteiger charge is 2.29. The summed E-state index contributed by atoms with van der Waals surface area (Å²) >= 11 is 6.11. The lowest BCUT2D eigenvalue weighted by molar-refractivity contribution is 0.383. The van der Waals surface area contributed by atoms with E-state index in [-0.39, 0.29) is 9.92 Å². The number of ether oxygens (including phenoxy) is 1. The molecule has 3 aromatic rings. The summed E-state index contributed by atoms with van der Waals surface area (Å²) < 4.78 is 34.3. The number of hydrogen-bond donors (Lipinski definition) is 0. The molecule has 0 amide bonds. The maximum Gasteiger partial charge on any atom is 0.243 e. The van der Waals surface area contributed by atoms with Crippen molar-refractivity contribution in [3.63, 3.8) is 0 Å². The summed E-state index contributed by atoms with van der Waals surface area (Å²) in [6.45, 7) is 5.60. The van der Waals surface area contributed by atoms with Crippen LogP contribution < -0.4 is 9.64 Å². The predicted octanol–water partition coefficient (Wildman–Crippen LogP) is 2.45. The summed E-state index contributed by atoms with van der Waals surface area (Å²) in [6, 6.07) is 10.2. The Balaban J connectivity index is 1.44. The molecule has 1 aromatic carbocycles. The van der Waals surface area contributed by atoms with E-state index in [4.69, 9.17) is 16.3 Å². The Morgan fingerprint density at radius 1 is 0.968 bits per heavy atom. The second-order valence-electron chi connectivity index (χ2n) is 7.28. The molecule has 164 valence electrons. The third-order valence-electron chi connectivity index (χ3n) is 5.19. The molecule has 3 heterocycles. The Morgan fingerprint density at radius 2 is 1.65 bits per heavy atom. The van der Waals surface area contributed by atoms with Gasteiger partial charge in [-0.3, -0.25) is 0 Å². The Morgan fingerprint density at radius 3 is 2.19 bits per heavy atom. The molecule has 1 saturated heterocycles. The number of piperazine rings is 1. The second kappa shape index (κ2) is 8.45. The molecule has 0 bridgehead atoms. The van der Waals surface area contributed by atoms with Crippen molar-refractivity contribution >= 4 is 27.4 Å². The van der Waals surface area contributed by atoms with E-state index in [0.717, 1.165) is 11.4 Å². The fourth-order valence-electron chi connectivity index (χ4n) is 3.57. The van der Waals surface area contributed by atoms with Crippen LogP contribution in [0.1, 0.15) is 11.4 Å². The van der Waals surface area contributed by atoms with Gasteiger partial charge in [0.25, 0.3) is 0 Å². The number of methoxy groups -OCH3 is 1. The van der Waals surface area contributed by atoms with Crippen molar-refractivity contribution < 1.29 is 13.2 Å². The Bertz CT molecular complexity index is 1190. The Labute approximate surface area is 186 Å². The summed E-state index contributed by atoms with van der Waals surface area (Å²) in [5.41, 5.74) is 1.90. The molecule has 1 aliphatic heterocycles. The van der Waals surface area contributed by atoms with Gasteiger partial charge < -0.3 is 9.64 Å². The van der Waals surface area contributed by atoms with Gasteiger partial charge in [-0.15, -0.1) is 10.2 Å². The van der Waals surface area contributed by atoms with Crippen molar-refractivity contribution in [1.29, 1.82) is 0 Å². The molecule has 4 rings (SSSR count). The van der Waals surface area contributed by atoms with Crippen molar-refractivity contribution in [2.24, 2.45) is 0 Å². The van der Waals surface area contributed by atoms with Gasteiger partial charge in [-0.05, 0) is 50.2 Å². The van der Waals surface area contributed by atoms with E-state index >= 15 is 0 Å². The van der Waals surface area contributed by atoms with Crippen LogP contribution in [0.15, 0.2) is 41.3 Å². The van der Waals surface area contributed by atoms with Gasteiger partial charge in [-0.1, -0.05) is 11.6 Å². The summed E-state index contributed by atoms with van der Waals surface area (Å²) in [5.74, 6) is 1.79. The fourth-order valence-corrected chi connectivity index (χ4v) is 5.35. The molecule has 1 fully saturated rings. The molecule has 9 nitrogen and oxygen atoms in total. The number of anilines is 1. The SMILES string of the molecule is COc1ccc(S(=O)(=O)N2CCN(c3ccc(-n4nc(C)cc4C)nn3)CC2)cc1Cl. The van der Waals surface area contributed by atoms with Crippen molar-refractivity contribution in [3.05, 3.63) is 52.8 Å². The van der Waals surface area contributed by atoms with Gasteiger partial charge in [-0.2, -0.15) is 9.40 Å². The lowest BCUT2D eigenvalue weighted by Crippen LogP contribution is -2.49.